The van der Waals surface area contributed by atoms with E-state index in [2.05, 4.69) is 20.3 Å². The fourth-order valence-corrected chi connectivity index (χ4v) is 3.53. The number of nitrogens with one attached hydrogen (secondary N) is 1. The second kappa shape index (κ2) is 6.87. The number of thioether (sulfide) groups is 1. The summed E-state index contributed by atoms with van der Waals surface area (Å²) in [6.07, 6.45) is 2.73. The molecule has 3 aromatic rings. The van der Waals surface area contributed by atoms with Crippen molar-refractivity contribution < 1.29 is 14.0 Å². The zero-order chi connectivity index (χ0) is 18.1. The Morgan fingerprint density at radius 1 is 1.31 bits per heavy atom. The molecule has 1 N–H and O–H groups in total. The van der Waals surface area contributed by atoms with E-state index in [4.69, 9.17) is 4.42 Å². The Morgan fingerprint density at radius 3 is 3.00 bits per heavy atom. The standard InChI is InChI=1S/C18H16N4O3S/c1-10-6-13-11(14(23)7-10)8-19-17(20-13)22-16(24)9-26-18-21-12-4-2-3-5-15(12)25-18/h2-5,8,10H,6-7,9H2,1H3,(H,19,20,22,24)/t10-/m0/s1. The molecule has 4 rings (SSSR count). The Bertz CT molecular complexity index is 968. The average Bonchev–Trinajstić information content (AvgIpc) is 3.02. The van der Waals surface area contributed by atoms with Gasteiger partial charge in [0.1, 0.15) is 5.52 Å². The quantitative estimate of drug-likeness (QED) is 0.707. The van der Waals surface area contributed by atoms with Gasteiger partial charge in [-0.05, 0) is 24.5 Å². The van der Waals surface area contributed by atoms with Gasteiger partial charge in [-0.15, -0.1) is 0 Å². The lowest BCUT2D eigenvalue weighted by Crippen LogP contribution is -2.22. The van der Waals surface area contributed by atoms with Gasteiger partial charge in [-0.3, -0.25) is 14.9 Å². The Labute approximate surface area is 153 Å². The largest absolute Gasteiger partial charge is 0.431 e. The van der Waals surface area contributed by atoms with E-state index >= 15 is 0 Å². The van der Waals surface area contributed by atoms with E-state index in [1.807, 2.05) is 31.2 Å². The highest BCUT2D eigenvalue weighted by Gasteiger charge is 2.24. The number of para-hydroxylation sites is 2. The maximum atomic E-state index is 12.1. The number of carbonyl (C=O) groups is 2. The van der Waals surface area contributed by atoms with Crippen LogP contribution in [0.25, 0.3) is 11.1 Å². The summed E-state index contributed by atoms with van der Waals surface area (Å²) in [5, 5.41) is 3.10. The number of amides is 1. The molecule has 0 saturated carbocycles. The van der Waals surface area contributed by atoms with Crippen molar-refractivity contribution in [1.82, 2.24) is 15.0 Å². The van der Waals surface area contributed by atoms with Crippen LogP contribution in [0.15, 0.2) is 40.1 Å². The number of hydrogen-bond acceptors (Lipinski definition) is 7. The molecule has 0 bridgehead atoms. The van der Waals surface area contributed by atoms with Crippen LogP contribution in [-0.4, -0.2) is 32.4 Å². The molecule has 1 aromatic carbocycles. The molecule has 0 aliphatic heterocycles. The number of fused-ring (bicyclic) bond motifs is 2. The number of benzene rings is 1. The molecule has 1 amide bonds. The average molecular weight is 368 g/mol. The number of Topliss-reactive ketones (excluding diaryl/α,β-unsaturated/α-hetero) is 1. The number of carbonyl (C=O) groups excluding carboxylic acids is 2. The first-order chi connectivity index (χ1) is 12.6. The molecule has 8 heteroatoms. The fourth-order valence-electron chi connectivity index (χ4n) is 2.90. The molecule has 1 aliphatic carbocycles. The van der Waals surface area contributed by atoms with Gasteiger partial charge in [0, 0.05) is 12.6 Å². The maximum Gasteiger partial charge on any atom is 0.257 e. The number of ketones is 1. The van der Waals surface area contributed by atoms with Crippen LogP contribution in [0.5, 0.6) is 0 Å². The van der Waals surface area contributed by atoms with Gasteiger partial charge in [-0.1, -0.05) is 30.8 Å². The van der Waals surface area contributed by atoms with Gasteiger partial charge in [-0.2, -0.15) is 0 Å². The van der Waals surface area contributed by atoms with Crippen molar-refractivity contribution in [2.24, 2.45) is 5.92 Å². The molecule has 1 atom stereocenters. The molecule has 1 aliphatic rings. The van der Waals surface area contributed by atoms with Crippen molar-refractivity contribution in [2.75, 3.05) is 11.1 Å². The van der Waals surface area contributed by atoms with Crippen LogP contribution in [0.1, 0.15) is 29.4 Å². The van der Waals surface area contributed by atoms with Crippen molar-refractivity contribution in [1.29, 1.82) is 0 Å². The lowest BCUT2D eigenvalue weighted by molar-refractivity contribution is -0.113. The van der Waals surface area contributed by atoms with Crippen molar-refractivity contribution in [3.63, 3.8) is 0 Å². The molecule has 2 heterocycles. The second-order valence-electron chi connectivity index (χ2n) is 6.27. The minimum atomic E-state index is -0.257. The molecular formula is C18H16N4O3S. The Balaban J connectivity index is 1.40. The lowest BCUT2D eigenvalue weighted by Gasteiger charge is -2.19. The topological polar surface area (TPSA) is 98.0 Å². The number of rotatable bonds is 4. The highest BCUT2D eigenvalue weighted by Crippen LogP contribution is 2.25. The zero-order valence-corrected chi connectivity index (χ0v) is 14.9. The summed E-state index contributed by atoms with van der Waals surface area (Å²) in [5.74, 6) is 0.398. The predicted octanol–water partition coefficient (Wildman–Crippen LogP) is 3.11. The first-order valence-corrected chi connectivity index (χ1v) is 9.24. The summed E-state index contributed by atoms with van der Waals surface area (Å²) in [4.78, 5) is 36.9. The monoisotopic (exact) mass is 368 g/mol. The van der Waals surface area contributed by atoms with Crippen molar-refractivity contribution >= 4 is 40.5 Å². The highest BCUT2D eigenvalue weighted by molar-refractivity contribution is 7.99. The van der Waals surface area contributed by atoms with E-state index in [1.54, 1.807) is 0 Å². The number of oxazole rings is 1. The van der Waals surface area contributed by atoms with Crippen LogP contribution in [0.2, 0.25) is 0 Å². The summed E-state index contributed by atoms with van der Waals surface area (Å²) in [6, 6.07) is 7.43. The van der Waals surface area contributed by atoms with Crippen LogP contribution < -0.4 is 5.32 Å². The molecule has 0 saturated heterocycles. The minimum absolute atomic E-state index is 0.0585. The van der Waals surface area contributed by atoms with E-state index < -0.39 is 0 Å². The van der Waals surface area contributed by atoms with Crippen LogP contribution in [0, 0.1) is 5.92 Å². The van der Waals surface area contributed by atoms with E-state index in [9.17, 15) is 9.59 Å². The van der Waals surface area contributed by atoms with Gasteiger partial charge in [0.15, 0.2) is 11.4 Å². The molecular weight excluding hydrogens is 352 g/mol. The lowest BCUT2D eigenvalue weighted by atomic mass is 9.88. The van der Waals surface area contributed by atoms with E-state index in [0.717, 1.165) is 5.52 Å². The van der Waals surface area contributed by atoms with Crippen molar-refractivity contribution in [3.05, 3.63) is 41.7 Å². The molecule has 0 fully saturated rings. The third kappa shape index (κ3) is 3.45. The van der Waals surface area contributed by atoms with Gasteiger partial charge in [0.25, 0.3) is 5.22 Å². The smallest absolute Gasteiger partial charge is 0.257 e. The summed E-state index contributed by atoms with van der Waals surface area (Å²) >= 11 is 1.20. The predicted molar refractivity (Wildman–Crippen MR) is 97.2 cm³/mol. The molecule has 0 radical (unpaired) electrons. The van der Waals surface area contributed by atoms with Crippen LogP contribution in [0.4, 0.5) is 5.95 Å². The number of aromatic nitrogens is 3. The summed E-state index contributed by atoms with van der Waals surface area (Å²) < 4.78 is 5.57. The minimum Gasteiger partial charge on any atom is -0.431 e. The van der Waals surface area contributed by atoms with Gasteiger partial charge < -0.3 is 4.42 Å². The molecule has 0 unspecified atom stereocenters. The zero-order valence-electron chi connectivity index (χ0n) is 14.1. The Morgan fingerprint density at radius 2 is 2.15 bits per heavy atom. The first-order valence-electron chi connectivity index (χ1n) is 8.26. The first kappa shape index (κ1) is 16.7. The highest BCUT2D eigenvalue weighted by atomic mass is 32.2. The van der Waals surface area contributed by atoms with Gasteiger partial charge in [0.2, 0.25) is 11.9 Å². The normalized spacial score (nSPS) is 16.5. The Hall–Kier alpha value is -2.74. The summed E-state index contributed by atoms with van der Waals surface area (Å²) in [7, 11) is 0. The van der Waals surface area contributed by atoms with Gasteiger partial charge in [-0.25, -0.2) is 15.0 Å². The summed E-state index contributed by atoms with van der Waals surface area (Å²) in [6.45, 7) is 2.01. The molecule has 2 aromatic heterocycles. The van der Waals surface area contributed by atoms with Crippen LogP contribution >= 0.6 is 11.8 Å². The molecule has 26 heavy (non-hydrogen) atoms. The van der Waals surface area contributed by atoms with Crippen molar-refractivity contribution in [3.8, 4) is 0 Å². The van der Waals surface area contributed by atoms with Gasteiger partial charge >= 0.3 is 0 Å². The van der Waals surface area contributed by atoms with Crippen LogP contribution in [-0.2, 0) is 11.2 Å². The Kier molecular flexibility index (Phi) is 4.42. The molecule has 0 spiro atoms. The van der Waals surface area contributed by atoms with E-state index in [-0.39, 0.29) is 29.3 Å². The second-order valence-corrected chi connectivity index (χ2v) is 7.20. The van der Waals surface area contributed by atoms with E-state index in [0.29, 0.717) is 34.9 Å². The molecule has 7 nitrogen and oxygen atoms in total. The maximum absolute atomic E-state index is 12.1. The van der Waals surface area contributed by atoms with Crippen LogP contribution in [0.3, 0.4) is 0 Å². The number of hydrogen-bond donors (Lipinski definition) is 1. The summed E-state index contributed by atoms with van der Waals surface area (Å²) in [5.41, 5.74) is 2.70. The third-order valence-electron chi connectivity index (χ3n) is 4.10. The number of nitrogens with zero attached hydrogens (tertiary/aromatic N) is 3. The van der Waals surface area contributed by atoms with E-state index in [1.165, 1.54) is 18.0 Å². The fraction of sp³-hybridized carbons (Fsp3) is 0.278. The van der Waals surface area contributed by atoms with Crippen molar-refractivity contribution in [2.45, 2.75) is 25.0 Å². The number of anilines is 1. The molecule has 132 valence electrons. The third-order valence-corrected chi connectivity index (χ3v) is 4.92. The van der Waals surface area contributed by atoms with Gasteiger partial charge in [0.05, 0.1) is 17.0 Å². The SMILES string of the molecule is C[C@@H]1CC(=O)c2cnc(NC(=O)CSc3nc4ccccc4o3)nc2C1.